The van der Waals surface area contributed by atoms with E-state index in [0.29, 0.717) is 5.69 Å². The molecule has 1 aromatic carbocycles. The lowest BCUT2D eigenvalue weighted by molar-refractivity contribution is 0.0935. The van der Waals surface area contributed by atoms with Gasteiger partial charge in [0.25, 0.3) is 5.91 Å². The Labute approximate surface area is 123 Å². The molecule has 2 rings (SSSR count). The number of thiocarbonyl (C=S) groups is 1. The van der Waals surface area contributed by atoms with Crippen LogP contribution in [0.2, 0.25) is 0 Å². The van der Waals surface area contributed by atoms with Crippen LogP contribution in [0.5, 0.6) is 0 Å². The lowest BCUT2D eigenvalue weighted by Crippen LogP contribution is -2.47. The molecule has 1 aromatic heterocycles. The Kier molecular flexibility index (Phi) is 4.04. The zero-order chi connectivity index (χ0) is 14.9. The molecule has 0 saturated carbocycles. The fourth-order valence-corrected chi connectivity index (χ4v) is 2.49. The van der Waals surface area contributed by atoms with Crippen LogP contribution in [-0.4, -0.2) is 26.7 Å². The Balaban J connectivity index is 2.34. The minimum Gasteiger partial charge on any atom is -0.392 e. The number of fused-ring (bicyclic) bond motifs is 1. The maximum absolute atomic E-state index is 12.4. The molecule has 1 amide bonds. The molecule has 0 spiro atoms. The highest BCUT2D eigenvalue weighted by Crippen LogP contribution is 2.17. The van der Waals surface area contributed by atoms with Gasteiger partial charge in [0, 0.05) is 12.4 Å². The monoisotopic (exact) mass is 290 g/mol. The molecule has 2 aromatic rings. The second kappa shape index (κ2) is 5.58. The largest absolute Gasteiger partial charge is 0.392 e. The smallest absolute Gasteiger partial charge is 0.273 e. The summed E-state index contributed by atoms with van der Waals surface area (Å²) in [6.07, 6.45) is 0. The maximum atomic E-state index is 12.4. The van der Waals surface area contributed by atoms with Crippen molar-refractivity contribution in [1.82, 2.24) is 15.1 Å². The summed E-state index contributed by atoms with van der Waals surface area (Å²) in [5.41, 5.74) is 6.98. The fraction of sp³-hybridized carbons (Fsp3) is 0.357. The van der Waals surface area contributed by atoms with Crippen LogP contribution in [0.15, 0.2) is 24.3 Å². The van der Waals surface area contributed by atoms with Gasteiger partial charge in [0.2, 0.25) is 0 Å². The Morgan fingerprint density at radius 1 is 1.40 bits per heavy atom. The van der Waals surface area contributed by atoms with E-state index in [2.05, 4.69) is 10.4 Å². The summed E-state index contributed by atoms with van der Waals surface area (Å²) in [6, 6.07) is 7.26. The van der Waals surface area contributed by atoms with Gasteiger partial charge in [-0.15, -0.1) is 0 Å². The van der Waals surface area contributed by atoms with Crippen molar-refractivity contribution >= 4 is 34.0 Å². The molecule has 1 heterocycles. The number of aromatic nitrogens is 2. The number of nitrogens with one attached hydrogen (secondary N) is 1. The van der Waals surface area contributed by atoms with Gasteiger partial charge in [0.05, 0.1) is 16.5 Å². The zero-order valence-corrected chi connectivity index (χ0v) is 12.6. The SMILES string of the molecule is CC(C)C(NC(=O)c1nn(C)c2ccccc12)C(N)=S. The second-order valence-corrected chi connectivity index (χ2v) is 5.56. The molecule has 0 aliphatic heterocycles. The highest BCUT2D eigenvalue weighted by Gasteiger charge is 2.22. The number of para-hydroxylation sites is 1. The van der Waals surface area contributed by atoms with E-state index in [1.165, 1.54) is 0 Å². The first-order valence-corrected chi connectivity index (χ1v) is 6.84. The van der Waals surface area contributed by atoms with E-state index in [0.717, 1.165) is 10.9 Å². The van der Waals surface area contributed by atoms with Crippen molar-refractivity contribution in [3.63, 3.8) is 0 Å². The summed E-state index contributed by atoms with van der Waals surface area (Å²) in [5.74, 6) is -0.125. The summed E-state index contributed by atoms with van der Waals surface area (Å²) in [7, 11) is 1.81. The van der Waals surface area contributed by atoms with Gasteiger partial charge in [-0.1, -0.05) is 44.3 Å². The summed E-state index contributed by atoms with van der Waals surface area (Å²) < 4.78 is 1.69. The molecule has 0 aliphatic rings. The molecular weight excluding hydrogens is 272 g/mol. The molecule has 1 atom stereocenters. The number of benzene rings is 1. The Hall–Kier alpha value is -1.95. The first-order valence-electron chi connectivity index (χ1n) is 6.43. The standard InChI is InChI=1S/C14H18N4OS/c1-8(2)11(13(15)20)16-14(19)12-9-6-4-5-7-10(9)18(3)17-12/h4-8,11H,1-3H3,(H2,15,20)(H,16,19). The molecule has 6 heteroatoms. The number of hydrogen-bond donors (Lipinski definition) is 2. The third-order valence-corrected chi connectivity index (χ3v) is 3.49. The molecule has 0 radical (unpaired) electrons. The number of carbonyl (C=O) groups is 1. The molecule has 0 bridgehead atoms. The lowest BCUT2D eigenvalue weighted by Gasteiger charge is -2.20. The van der Waals surface area contributed by atoms with E-state index in [1.54, 1.807) is 4.68 Å². The molecule has 1 unspecified atom stereocenters. The second-order valence-electron chi connectivity index (χ2n) is 5.09. The Morgan fingerprint density at radius 3 is 2.65 bits per heavy atom. The third kappa shape index (κ3) is 2.65. The number of hydrogen-bond acceptors (Lipinski definition) is 3. The van der Waals surface area contributed by atoms with E-state index < -0.39 is 0 Å². The van der Waals surface area contributed by atoms with Crippen LogP contribution >= 0.6 is 12.2 Å². The normalized spacial score (nSPS) is 12.6. The zero-order valence-electron chi connectivity index (χ0n) is 11.8. The number of nitrogens with two attached hydrogens (primary N) is 1. The van der Waals surface area contributed by atoms with Gasteiger partial charge in [-0.25, -0.2) is 0 Å². The topological polar surface area (TPSA) is 72.9 Å². The fourth-order valence-electron chi connectivity index (χ4n) is 2.16. The predicted octanol–water partition coefficient (Wildman–Crippen LogP) is 1.61. The molecule has 20 heavy (non-hydrogen) atoms. The number of rotatable bonds is 4. The minimum absolute atomic E-state index is 0.131. The predicted molar refractivity (Wildman–Crippen MR) is 83.6 cm³/mol. The van der Waals surface area contributed by atoms with Crippen molar-refractivity contribution in [2.45, 2.75) is 19.9 Å². The highest BCUT2D eigenvalue weighted by molar-refractivity contribution is 7.80. The van der Waals surface area contributed by atoms with Crippen molar-refractivity contribution in [2.75, 3.05) is 0 Å². The molecule has 0 saturated heterocycles. The van der Waals surface area contributed by atoms with Crippen LogP contribution in [0.1, 0.15) is 24.3 Å². The first kappa shape index (κ1) is 14.5. The van der Waals surface area contributed by atoms with E-state index in [9.17, 15) is 4.79 Å². The van der Waals surface area contributed by atoms with Crippen LogP contribution in [0.25, 0.3) is 10.9 Å². The summed E-state index contributed by atoms with van der Waals surface area (Å²) in [5, 5.41) is 7.96. The Bertz CT molecular complexity index is 662. The van der Waals surface area contributed by atoms with Crippen molar-refractivity contribution in [2.24, 2.45) is 18.7 Å². The number of nitrogens with zero attached hydrogens (tertiary/aromatic N) is 2. The number of amides is 1. The van der Waals surface area contributed by atoms with Gasteiger partial charge in [0.15, 0.2) is 5.69 Å². The van der Waals surface area contributed by atoms with Crippen molar-refractivity contribution in [3.05, 3.63) is 30.0 Å². The van der Waals surface area contributed by atoms with Crippen LogP contribution < -0.4 is 11.1 Å². The van der Waals surface area contributed by atoms with Crippen molar-refractivity contribution < 1.29 is 4.79 Å². The maximum Gasteiger partial charge on any atom is 0.273 e. The average Bonchev–Trinajstić information content (AvgIpc) is 2.73. The lowest BCUT2D eigenvalue weighted by atomic mass is 10.0. The number of aryl methyl sites for hydroxylation is 1. The van der Waals surface area contributed by atoms with Crippen LogP contribution in [0.4, 0.5) is 0 Å². The van der Waals surface area contributed by atoms with Gasteiger partial charge in [0.1, 0.15) is 0 Å². The van der Waals surface area contributed by atoms with Gasteiger partial charge in [-0.3, -0.25) is 9.48 Å². The average molecular weight is 290 g/mol. The van der Waals surface area contributed by atoms with E-state index in [1.807, 2.05) is 45.2 Å². The molecule has 106 valence electrons. The van der Waals surface area contributed by atoms with Crippen molar-refractivity contribution in [3.8, 4) is 0 Å². The van der Waals surface area contributed by atoms with Crippen LogP contribution in [0, 0.1) is 5.92 Å². The molecule has 3 N–H and O–H groups in total. The van der Waals surface area contributed by atoms with Crippen molar-refractivity contribution in [1.29, 1.82) is 0 Å². The molecular formula is C14H18N4OS. The number of carbonyl (C=O) groups excluding carboxylic acids is 1. The molecule has 5 nitrogen and oxygen atoms in total. The molecule has 0 fully saturated rings. The van der Waals surface area contributed by atoms with Crippen LogP contribution in [0.3, 0.4) is 0 Å². The highest BCUT2D eigenvalue weighted by atomic mass is 32.1. The Morgan fingerprint density at radius 2 is 2.05 bits per heavy atom. The van der Waals surface area contributed by atoms with E-state index in [4.69, 9.17) is 18.0 Å². The summed E-state index contributed by atoms with van der Waals surface area (Å²) in [4.78, 5) is 12.7. The van der Waals surface area contributed by atoms with Crippen LogP contribution in [-0.2, 0) is 7.05 Å². The van der Waals surface area contributed by atoms with E-state index >= 15 is 0 Å². The van der Waals surface area contributed by atoms with Gasteiger partial charge in [-0.2, -0.15) is 5.10 Å². The first-order chi connectivity index (χ1) is 9.41. The third-order valence-electron chi connectivity index (χ3n) is 3.23. The molecule has 0 aliphatic carbocycles. The summed E-state index contributed by atoms with van der Waals surface area (Å²) >= 11 is 5.00. The van der Waals surface area contributed by atoms with Gasteiger partial charge < -0.3 is 11.1 Å². The summed E-state index contributed by atoms with van der Waals surface area (Å²) in [6.45, 7) is 3.92. The van der Waals surface area contributed by atoms with Gasteiger partial charge >= 0.3 is 0 Å². The quantitative estimate of drug-likeness (QED) is 0.839. The van der Waals surface area contributed by atoms with E-state index in [-0.39, 0.29) is 22.9 Å². The minimum atomic E-state index is -0.335. The van der Waals surface area contributed by atoms with Gasteiger partial charge in [-0.05, 0) is 12.0 Å².